The van der Waals surface area contributed by atoms with Crippen LogP contribution in [0.25, 0.3) is 11.0 Å². The third-order valence-electron chi connectivity index (χ3n) is 4.77. The smallest absolute Gasteiger partial charge is 0.151 e. The molecule has 24 heavy (non-hydrogen) atoms. The number of hydrogen-bond donors (Lipinski definition) is 5. The lowest BCUT2D eigenvalue weighted by Gasteiger charge is -2.39. The fourth-order valence-electron chi connectivity index (χ4n) is 3.22. The van der Waals surface area contributed by atoms with E-state index in [1.54, 1.807) is 6.21 Å². The monoisotopic (exact) mass is 324 g/mol. The van der Waals surface area contributed by atoms with Crippen LogP contribution in [-0.4, -0.2) is 40.0 Å². The van der Waals surface area contributed by atoms with Crippen LogP contribution in [0.2, 0.25) is 0 Å². The van der Waals surface area contributed by atoms with Gasteiger partial charge in [0.1, 0.15) is 11.6 Å². The first-order chi connectivity index (χ1) is 11.6. The Morgan fingerprint density at radius 2 is 2.00 bits per heavy atom. The summed E-state index contributed by atoms with van der Waals surface area (Å²) in [4.78, 5) is 10.1. The van der Waals surface area contributed by atoms with Crippen LogP contribution in [0.1, 0.15) is 18.7 Å². The zero-order valence-corrected chi connectivity index (χ0v) is 13.2. The average molecular weight is 324 g/mol. The molecule has 0 bridgehead atoms. The molecule has 2 aliphatic rings. The molecule has 2 aliphatic heterocycles. The lowest BCUT2D eigenvalue weighted by Crippen LogP contribution is -2.49. The quantitative estimate of drug-likeness (QED) is 0.550. The highest BCUT2D eigenvalue weighted by Crippen LogP contribution is 2.31. The van der Waals surface area contributed by atoms with Gasteiger partial charge in [-0.05, 0) is 25.0 Å². The van der Waals surface area contributed by atoms with Gasteiger partial charge in [0.15, 0.2) is 5.84 Å². The Kier molecular flexibility index (Phi) is 3.27. The number of imidazole rings is 1. The van der Waals surface area contributed by atoms with Crippen molar-refractivity contribution < 1.29 is 0 Å². The van der Waals surface area contributed by atoms with E-state index in [0.717, 1.165) is 29.7 Å². The molecule has 0 unspecified atom stereocenters. The van der Waals surface area contributed by atoms with Crippen LogP contribution in [0.5, 0.6) is 0 Å². The first-order valence-corrected chi connectivity index (χ1v) is 7.94. The van der Waals surface area contributed by atoms with E-state index in [-0.39, 0.29) is 5.84 Å². The maximum atomic E-state index is 7.79. The number of benzene rings is 1. The lowest BCUT2D eigenvalue weighted by atomic mass is 9.87. The first kappa shape index (κ1) is 14.7. The molecule has 1 aromatic carbocycles. The largest absolute Gasteiger partial charge is 0.385 e. The molecule has 1 aromatic heterocycles. The lowest BCUT2D eigenvalue weighted by molar-refractivity contribution is 0.189. The van der Waals surface area contributed by atoms with E-state index in [1.807, 2.05) is 24.3 Å². The Labute approximate surface area is 139 Å². The van der Waals surface area contributed by atoms with Crippen molar-refractivity contribution in [3.05, 3.63) is 41.5 Å². The summed E-state index contributed by atoms with van der Waals surface area (Å²) in [6.45, 7) is 1.42. The summed E-state index contributed by atoms with van der Waals surface area (Å²) in [6.07, 6.45) is 3.05. The fourth-order valence-corrected chi connectivity index (χ4v) is 3.22. The van der Waals surface area contributed by atoms with E-state index in [9.17, 15) is 0 Å². The Bertz CT molecular complexity index is 821. The molecule has 0 aliphatic carbocycles. The molecular weight excluding hydrogens is 304 g/mol. The number of para-hydroxylation sites is 2. The second-order valence-electron chi connectivity index (χ2n) is 6.29. The van der Waals surface area contributed by atoms with Gasteiger partial charge in [-0.1, -0.05) is 12.1 Å². The number of hydrogen-bond acceptors (Lipinski definition) is 6. The third-order valence-corrected chi connectivity index (χ3v) is 4.77. The van der Waals surface area contributed by atoms with Crippen molar-refractivity contribution in [1.29, 1.82) is 5.41 Å². The predicted molar refractivity (Wildman–Crippen MR) is 93.3 cm³/mol. The van der Waals surface area contributed by atoms with Crippen molar-refractivity contribution in [2.45, 2.75) is 18.4 Å². The Morgan fingerprint density at radius 3 is 2.67 bits per heavy atom. The van der Waals surface area contributed by atoms with Gasteiger partial charge in [-0.15, -0.1) is 0 Å². The fraction of sp³-hybridized carbons (Fsp3) is 0.312. The molecule has 0 spiro atoms. The highest BCUT2D eigenvalue weighted by molar-refractivity contribution is 6.17. The minimum Gasteiger partial charge on any atom is -0.385 e. The van der Waals surface area contributed by atoms with Crippen LogP contribution in [-0.2, 0) is 5.54 Å². The van der Waals surface area contributed by atoms with Crippen LogP contribution >= 0.6 is 0 Å². The Hall–Kier alpha value is -2.87. The molecular formula is C16H20N8. The van der Waals surface area contributed by atoms with Crippen LogP contribution in [0, 0.1) is 5.41 Å². The van der Waals surface area contributed by atoms with Crippen molar-refractivity contribution >= 4 is 23.1 Å². The van der Waals surface area contributed by atoms with Gasteiger partial charge in [0.25, 0.3) is 0 Å². The maximum Gasteiger partial charge on any atom is 0.151 e. The summed E-state index contributed by atoms with van der Waals surface area (Å²) in [5.74, 6) is 1.63. The summed E-state index contributed by atoms with van der Waals surface area (Å²) < 4.78 is 0. The first-order valence-electron chi connectivity index (χ1n) is 7.94. The number of rotatable bonds is 2. The van der Waals surface area contributed by atoms with Gasteiger partial charge < -0.3 is 21.4 Å². The molecule has 3 heterocycles. The number of aromatic nitrogens is 2. The minimum absolute atomic E-state index is 0.231. The van der Waals surface area contributed by atoms with Gasteiger partial charge in [0, 0.05) is 13.1 Å². The molecule has 0 atom stereocenters. The van der Waals surface area contributed by atoms with Crippen molar-refractivity contribution in [2.24, 2.45) is 16.6 Å². The molecule has 124 valence electrons. The molecule has 1 fully saturated rings. The summed E-state index contributed by atoms with van der Waals surface area (Å²) in [5, 5.41) is 11.6. The van der Waals surface area contributed by atoms with E-state index in [0.29, 0.717) is 24.5 Å². The zero-order valence-electron chi connectivity index (χ0n) is 13.2. The van der Waals surface area contributed by atoms with Crippen LogP contribution in [0.15, 0.2) is 40.8 Å². The molecule has 2 aromatic rings. The molecule has 0 radical (unpaired) electrons. The number of nitrogens with two attached hydrogens (primary N) is 2. The number of aromatic amines is 1. The zero-order chi connectivity index (χ0) is 16.7. The van der Waals surface area contributed by atoms with Crippen LogP contribution in [0.4, 0.5) is 0 Å². The standard InChI is InChI=1S/C16H20N8/c17-13-10(9-20-23-13)14(18)24-7-5-16(19,6-8-24)15-21-11-3-1-2-4-12(11)22-15/h1-4,9H,5-8,18-19H2,(H2,17,23)(H,21,22)/b14-10+. The summed E-state index contributed by atoms with van der Waals surface area (Å²) >= 11 is 0. The van der Waals surface area contributed by atoms with Crippen molar-refractivity contribution in [3.8, 4) is 0 Å². The Balaban J connectivity index is 1.54. The molecule has 0 saturated carbocycles. The summed E-state index contributed by atoms with van der Waals surface area (Å²) in [7, 11) is 0. The van der Waals surface area contributed by atoms with Gasteiger partial charge in [-0.3, -0.25) is 10.8 Å². The third kappa shape index (κ3) is 2.31. The van der Waals surface area contributed by atoms with Gasteiger partial charge in [-0.25, -0.2) is 4.98 Å². The summed E-state index contributed by atoms with van der Waals surface area (Å²) in [6, 6.07) is 7.94. The number of nitrogens with one attached hydrogen (secondary N) is 3. The van der Waals surface area contributed by atoms with Gasteiger partial charge in [0.05, 0.1) is 28.4 Å². The van der Waals surface area contributed by atoms with Gasteiger partial charge in [-0.2, -0.15) is 5.10 Å². The van der Waals surface area contributed by atoms with E-state index < -0.39 is 5.54 Å². The normalized spacial score (nSPS) is 22.0. The SMILES string of the molecule is N=C1NN=C/C1=C(/N)N1CCC(N)(c2nc3ccccc3[nH]2)CC1. The number of likely N-dealkylation sites (tertiary alicyclic amines) is 1. The Morgan fingerprint density at radius 1 is 1.25 bits per heavy atom. The van der Waals surface area contributed by atoms with Crippen molar-refractivity contribution in [2.75, 3.05) is 13.1 Å². The molecule has 4 rings (SSSR count). The van der Waals surface area contributed by atoms with Gasteiger partial charge >= 0.3 is 0 Å². The highest BCUT2D eigenvalue weighted by Gasteiger charge is 2.36. The summed E-state index contributed by atoms with van der Waals surface area (Å²) in [5.41, 5.74) is 17.5. The topological polar surface area (TPSA) is 132 Å². The number of piperidine rings is 1. The van der Waals surface area contributed by atoms with E-state index >= 15 is 0 Å². The van der Waals surface area contributed by atoms with E-state index in [4.69, 9.17) is 16.9 Å². The van der Waals surface area contributed by atoms with Crippen LogP contribution in [0.3, 0.4) is 0 Å². The van der Waals surface area contributed by atoms with Gasteiger partial charge in [0.2, 0.25) is 0 Å². The van der Waals surface area contributed by atoms with E-state index in [2.05, 4.69) is 25.4 Å². The minimum atomic E-state index is -0.490. The second kappa shape index (κ2) is 5.34. The second-order valence-corrected chi connectivity index (χ2v) is 6.29. The molecule has 0 amide bonds. The average Bonchev–Trinajstić information content (AvgIpc) is 3.21. The van der Waals surface area contributed by atoms with Crippen LogP contribution < -0.4 is 16.9 Å². The van der Waals surface area contributed by atoms with Crippen molar-refractivity contribution in [1.82, 2.24) is 20.3 Å². The number of fused-ring (bicyclic) bond motifs is 1. The maximum absolute atomic E-state index is 7.79. The number of hydrazone groups is 1. The number of nitrogens with zero attached hydrogens (tertiary/aromatic N) is 3. The highest BCUT2D eigenvalue weighted by atomic mass is 15.3. The molecule has 8 nitrogen and oxygen atoms in total. The molecule has 8 heteroatoms. The van der Waals surface area contributed by atoms with E-state index in [1.165, 1.54) is 0 Å². The predicted octanol–water partition coefficient (Wildman–Crippen LogP) is 0.549. The molecule has 7 N–H and O–H groups in total. The van der Waals surface area contributed by atoms with Crippen molar-refractivity contribution in [3.63, 3.8) is 0 Å². The molecule has 1 saturated heterocycles. The number of amidine groups is 1. The number of H-pyrrole nitrogens is 1.